The van der Waals surface area contributed by atoms with Gasteiger partial charge in [-0.2, -0.15) is 11.1 Å². The summed E-state index contributed by atoms with van der Waals surface area (Å²) in [6.45, 7) is 18.8. The van der Waals surface area contributed by atoms with Gasteiger partial charge >= 0.3 is 0 Å². The van der Waals surface area contributed by atoms with Crippen molar-refractivity contribution in [1.82, 2.24) is 0 Å². The van der Waals surface area contributed by atoms with Crippen molar-refractivity contribution in [3.05, 3.63) is 77.4 Å². The van der Waals surface area contributed by atoms with E-state index in [0.717, 1.165) is 0 Å². The highest BCUT2D eigenvalue weighted by Gasteiger charge is 2.56. The van der Waals surface area contributed by atoms with Gasteiger partial charge < -0.3 is 0 Å². The molecule has 1 aromatic carbocycles. The Hall–Kier alpha value is -1.31. The molecule has 3 aliphatic rings. The van der Waals surface area contributed by atoms with Crippen LogP contribution in [0.3, 0.4) is 0 Å². The third-order valence-corrected chi connectivity index (χ3v) is 10.8. The van der Waals surface area contributed by atoms with E-state index in [-0.39, 0.29) is 10.8 Å². The lowest BCUT2D eigenvalue weighted by Crippen LogP contribution is -2.34. The van der Waals surface area contributed by atoms with Gasteiger partial charge in [-0.25, -0.2) is 0 Å². The minimum absolute atomic E-state index is 0.129. The molecule has 3 aliphatic carbocycles. The van der Waals surface area contributed by atoms with Crippen LogP contribution < -0.4 is 0 Å². The molecule has 1 fully saturated rings. The van der Waals surface area contributed by atoms with Crippen LogP contribution in [-0.2, 0) is 0 Å². The molecule has 0 N–H and O–H groups in total. The van der Waals surface area contributed by atoms with Gasteiger partial charge in [0.05, 0.1) is 0 Å². The first-order valence-electron chi connectivity index (χ1n) is 11.9. The van der Waals surface area contributed by atoms with Crippen LogP contribution >= 0.6 is 11.1 Å². The van der Waals surface area contributed by atoms with E-state index >= 15 is 0 Å². The van der Waals surface area contributed by atoms with Crippen molar-refractivity contribution in [2.24, 2.45) is 34.5 Å². The van der Waals surface area contributed by atoms with E-state index in [1.54, 1.807) is 0 Å². The van der Waals surface area contributed by atoms with E-state index in [2.05, 4.69) is 115 Å². The molecule has 0 amide bonds. The minimum Gasteiger partial charge on any atom is -0.167 e. The standard InChI is InChI=1S/C29H39ClSi/c1-28(2,3)20-14-15-22-24(16-20)27(31(7,8)30)25-18-21(29(4,5)6)17-23(26(22)25)19-12-10-9-11-13-19/h9-18,22,24-27H,1-8H3. The minimum atomic E-state index is -1.93. The molecule has 0 saturated heterocycles. The second-order valence-corrected chi connectivity index (χ2v) is 19.1. The summed E-state index contributed by atoms with van der Waals surface area (Å²) in [5.74, 6) is 2.05. The SMILES string of the molecule is CC(C)(C)C1=CC2C(C=C1)C1C(c3ccccc3)=CC(C(C)(C)C)=CC1C2[Si](C)(C)Cl. The summed E-state index contributed by atoms with van der Waals surface area (Å²) in [4.78, 5) is 0. The van der Waals surface area contributed by atoms with Crippen molar-refractivity contribution >= 4 is 24.0 Å². The molecule has 1 saturated carbocycles. The van der Waals surface area contributed by atoms with E-state index in [9.17, 15) is 0 Å². The zero-order valence-corrected chi connectivity index (χ0v) is 22.3. The van der Waals surface area contributed by atoms with Crippen LogP contribution in [0.5, 0.6) is 0 Å². The molecule has 31 heavy (non-hydrogen) atoms. The van der Waals surface area contributed by atoms with Crippen molar-refractivity contribution in [1.29, 1.82) is 0 Å². The number of hydrogen-bond acceptors (Lipinski definition) is 0. The highest BCUT2D eigenvalue weighted by atomic mass is 35.6. The summed E-state index contributed by atoms with van der Waals surface area (Å²) in [7, 11) is -1.93. The first-order valence-corrected chi connectivity index (χ1v) is 16.0. The van der Waals surface area contributed by atoms with E-state index in [1.165, 1.54) is 22.3 Å². The fraction of sp³-hybridized carbons (Fsp3) is 0.517. The van der Waals surface area contributed by atoms with Gasteiger partial charge in [0.25, 0.3) is 0 Å². The Balaban J connectivity index is 1.91. The maximum Gasteiger partial charge on any atom is 0.154 e. The summed E-state index contributed by atoms with van der Waals surface area (Å²) in [6, 6.07) is 11.1. The Morgan fingerprint density at radius 1 is 0.774 bits per heavy atom. The Morgan fingerprint density at radius 2 is 1.35 bits per heavy atom. The first-order chi connectivity index (χ1) is 14.3. The van der Waals surface area contributed by atoms with Crippen LogP contribution in [0.1, 0.15) is 47.1 Å². The van der Waals surface area contributed by atoms with Gasteiger partial charge in [0, 0.05) is 0 Å². The maximum atomic E-state index is 7.33. The zero-order chi connectivity index (χ0) is 22.8. The highest BCUT2D eigenvalue weighted by molar-refractivity contribution is 7.19. The van der Waals surface area contributed by atoms with Crippen LogP contribution in [0.2, 0.25) is 18.6 Å². The number of fused-ring (bicyclic) bond motifs is 3. The van der Waals surface area contributed by atoms with E-state index in [1.807, 2.05) is 0 Å². The van der Waals surface area contributed by atoms with Crippen LogP contribution in [-0.4, -0.2) is 7.38 Å². The molecule has 4 rings (SSSR count). The first kappa shape index (κ1) is 22.9. The van der Waals surface area contributed by atoms with Crippen LogP contribution in [0.25, 0.3) is 5.57 Å². The molecule has 0 radical (unpaired) electrons. The lowest BCUT2D eigenvalue weighted by molar-refractivity contribution is 0.443. The molecule has 5 unspecified atom stereocenters. The van der Waals surface area contributed by atoms with Gasteiger partial charge in [-0.15, -0.1) is 0 Å². The van der Waals surface area contributed by atoms with E-state index < -0.39 is 7.38 Å². The number of halogens is 1. The number of hydrogen-bond donors (Lipinski definition) is 0. The van der Waals surface area contributed by atoms with Gasteiger partial charge in [0.2, 0.25) is 0 Å². The molecule has 0 spiro atoms. The van der Waals surface area contributed by atoms with Crippen LogP contribution in [0, 0.1) is 34.5 Å². The van der Waals surface area contributed by atoms with E-state index in [0.29, 0.717) is 29.2 Å². The van der Waals surface area contributed by atoms with Crippen molar-refractivity contribution in [3.63, 3.8) is 0 Å². The summed E-state index contributed by atoms with van der Waals surface area (Å²) in [5.41, 5.74) is 6.66. The number of benzene rings is 1. The molecule has 0 aromatic heterocycles. The molecule has 0 aliphatic heterocycles. The smallest absolute Gasteiger partial charge is 0.154 e. The second-order valence-electron chi connectivity index (χ2n) is 12.4. The quantitative estimate of drug-likeness (QED) is 0.311. The van der Waals surface area contributed by atoms with Crippen LogP contribution in [0.4, 0.5) is 0 Å². The molecule has 0 heterocycles. The molecule has 0 bridgehead atoms. The van der Waals surface area contributed by atoms with Crippen molar-refractivity contribution < 1.29 is 0 Å². The average Bonchev–Trinajstić information content (AvgIpc) is 3.00. The Labute approximate surface area is 195 Å². The van der Waals surface area contributed by atoms with E-state index in [4.69, 9.17) is 11.1 Å². The van der Waals surface area contributed by atoms with Crippen molar-refractivity contribution in [3.8, 4) is 0 Å². The molecule has 1 aromatic rings. The third kappa shape index (κ3) is 4.21. The fourth-order valence-electron chi connectivity index (χ4n) is 6.09. The summed E-state index contributed by atoms with van der Waals surface area (Å²) in [5, 5.41) is 0. The molecule has 166 valence electrons. The molecule has 2 heteroatoms. The molecule has 0 nitrogen and oxygen atoms in total. The second kappa shape index (κ2) is 7.63. The fourth-order valence-corrected chi connectivity index (χ4v) is 9.41. The largest absolute Gasteiger partial charge is 0.167 e. The van der Waals surface area contributed by atoms with Crippen molar-refractivity contribution in [2.45, 2.75) is 60.2 Å². The summed E-state index contributed by atoms with van der Waals surface area (Å²) < 4.78 is 0. The average molecular weight is 451 g/mol. The Kier molecular flexibility index (Phi) is 5.63. The Morgan fingerprint density at radius 3 is 1.90 bits per heavy atom. The molecular weight excluding hydrogens is 412 g/mol. The Bertz CT molecular complexity index is 957. The third-order valence-electron chi connectivity index (χ3n) is 7.65. The lowest BCUT2D eigenvalue weighted by atomic mass is 9.70. The maximum absolute atomic E-state index is 7.33. The van der Waals surface area contributed by atoms with Gasteiger partial charge in [0.1, 0.15) is 0 Å². The van der Waals surface area contributed by atoms with Gasteiger partial charge in [-0.05, 0) is 62.3 Å². The molecular formula is C29H39ClSi. The predicted octanol–water partition coefficient (Wildman–Crippen LogP) is 8.89. The molecule has 5 atom stereocenters. The topological polar surface area (TPSA) is 0 Å². The lowest BCUT2D eigenvalue weighted by Gasteiger charge is -2.37. The van der Waals surface area contributed by atoms with Crippen molar-refractivity contribution in [2.75, 3.05) is 0 Å². The normalized spacial score (nSPS) is 30.9. The summed E-state index contributed by atoms with van der Waals surface area (Å²) >= 11 is 7.33. The van der Waals surface area contributed by atoms with Crippen LogP contribution in [0.15, 0.2) is 71.9 Å². The highest BCUT2D eigenvalue weighted by Crippen LogP contribution is 2.63. The van der Waals surface area contributed by atoms with Gasteiger partial charge in [0.15, 0.2) is 7.38 Å². The predicted molar refractivity (Wildman–Crippen MR) is 140 cm³/mol. The van der Waals surface area contributed by atoms with Gasteiger partial charge in [-0.3, -0.25) is 0 Å². The number of allylic oxidation sites excluding steroid dienone is 8. The monoisotopic (exact) mass is 450 g/mol. The summed E-state index contributed by atoms with van der Waals surface area (Å²) in [6.07, 6.45) is 12.7. The zero-order valence-electron chi connectivity index (χ0n) is 20.5. The van der Waals surface area contributed by atoms with Gasteiger partial charge in [-0.1, -0.05) is 115 Å². The number of rotatable bonds is 2.